The quantitative estimate of drug-likeness (QED) is 0.626. The maximum absolute atomic E-state index is 13.3. The van der Waals surface area contributed by atoms with Gasteiger partial charge in [-0.25, -0.2) is 0 Å². The monoisotopic (exact) mass is 360 g/mol. The van der Waals surface area contributed by atoms with Crippen molar-refractivity contribution in [3.05, 3.63) is 35.4 Å². The van der Waals surface area contributed by atoms with E-state index in [1.165, 1.54) is 0 Å². The lowest BCUT2D eigenvalue weighted by atomic mass is 9.87. The molecule has 1 aromatic rings. The van der Waals surface area contributed by atoms with Gasteiger partial charge in [0.15, 0.2) is 11.4 Å². The molecule has 4 nitrogen and oxygen atoms in total. The SMILES string of the molecule is COC(OC)C(=O)CC(O)(c1ccc(C(F)(F)F)cc1)C(F)(F)F. The number of carbonyl (C=O) groups is 1. The number of hydrogen-bond donors (Lipinski definition) is 1. The average molecular weight is 360 g/mol. The Morgan fingerprint density at radius 2 is 1.42 bits per heavy atom. The van der Waals surface area contributed by atoms with Gasteiger partial charge in [-0.05, 0) is 17.7 Å². The number of rotatable bonds is 6. The van der Waals surface area contributed by atoms with Gasteiger partial charge in [-0.1, -0.05) is 12.1 Å². The Morgan fingerprint density at radius 3 is 1.75 bits per heavy atom. The molecule has 0 spiro atoms. The van der Waals surface area contributed by atoms with Crippen LogP contribution in [0.15, 0.2) is 24.3 Å². The highest BCUT2D eigenvalue weighted by atomic mass is 19.4. The molecule has 1 rings (SSSR count). The van der Waals surface area contributed by atoms with Crippen molar-refractivity contribution in [2.45, 2.75) is 30.7 Å². The molecular formula is C14H14F6O4. The molecule has 0 aliphatic heterocycles. The van der Waals surface area contributed by atoms with Gasteiger partial charge in [-0.3, -0.25) is 4.79 Å². The molecular weight excluding hydrogens is 346 g/mol. The Bertz CT molecular complexity index is 562. The van der Waals surface area contributed by atoms with Crippen LogP contribution in [0.1, 0.15) is 17.5 Å². The van der Waals surface area contributed by atoms with Crippen LogP contribution in [0.25, 0.3) is 0 Å². The number of ether oxygens (including phenoxy) is 2. The zero-order valence-corrected chi connectivity index (χ0v) is 12.5. The van der Waals surface area contributed by atoms with Crippen LogP contribution in [-0.4, -0.2) is 37.6 Å². The summed E-state index contributed by atoms with van der Waals surface area (Å²) in [5.74, 6) is -1.22. The third-order valence-corrected chi connectivity index (χ3v) is 3.28. The molecule has 136 valence electrons. The van der Waals surface area contributed by atoms with E-state index in [1.54, 1.807) is 0 Å². The van der Waals surface area contributed by atoms with E-state index >= 15 is 0 Å². The maximum Gasteiger partial charge on any atom is 0.421 e. The molecule has 10 heteroatoms. The lowest BCUT2D eigenvalue weighted by molar-refractivity contribution is -0.269. The van der Waals surface area contributed by atoms with Gasteiger partial charge >= 0.3 is 12.4 Å². The van der Waals surface area contributed by atoms with Crippen molar-refractivity contribution in [2.24, 2.45) is 0 Å². The molecule has 0 amide bonds. The fraction of sp³-hybridized carbons (Fsp3) is 0.500. The molecule has 0 saturated carbocycles. The Hall–Kier alpha value is -1.65. The zero-order valence-electron chi connectivity index (χ0n) is 12.5. The third-order valence-electron chi connectivity index (χ3n) is 3.28. The first-order chi connectivity index (χ1) is 10.9. The number of hydrogen-bond acceptors (Lipinski definition) is 4. The van der Waals surface area contributed by atoms with E-state index in [0.717, 1.165) is 14.2 Å². The fourth-order valence-corrected chi connectivity index (χ4v) is 2.00. The van der Waals surface area contributed by atoms with Gasteiger partial charge in [0.1, 0.15) is 0 Å². The molecule has 1 unspecified atom stereocenters. The lowest BCUT2D eigenvalue weighted by Crippen LogP contribution is -2.46. The summed E-state index contributed by atoms with van der Waals surface area (Å²) in [7, 11) is 2.02. The summed E-state index contributed by atoms with van der Waals surface area (Å²) in [6.45, 7) is 0. The standard InChI is InChI=1S/C14H14F6O4/c1-23-11(24-2)10(21)7-12(22,14(18,19)20)8-3-5-9(6-4-8)13(15,16)17/h3-6,11,22H,7H2,1-2H3. The number of Topliss-reactive ketones (excluding diaryl/α,β-unsaturated/α-hetero) is 1. The highest BCUT2D eigenvalue weighted by molar-refractivity contribution is 5.83. The summed E-state index contributed by atoms with van der Waals surface area (Å²) >= 11 is 0. The minimum Gasteiger partial charge on any atom is -0.376 e. The van der Waals surface area contributed by atoms with E-state index in [4.69, 9.17) is 0 Å². The molecule has 1 aromatic carbocycles. The first kappa shape index (κ1) is 20.4. The number of benzene rings is 1. The van der Waals surface area contributed by atoms with Crippen molar-refractivity contribution in [2.75, 3.05) is 14.2 Å². The Kier molecular flexibility index (Phi) is 6.01. The number of aliphatic hydroxyl groups is 1. The second kappa shape index (κ2) is 7.08. The van der Waals surface area contributed by atoms with Crippen LogP contribution < -0.4 is 0 Å². The predicted molar refractivity (Wildman–Crippen MR) is 68.8 cm³/mol. The number of carbonyl (C=O) groups excluding carboxylic acids is 1. The van der Waals surface area contributed by atoms with Gasteiger partial charge < -0.3 is 14.6 Å². The van der Waals surface area contributed by atoms with Gasteiger partial charge in [0.25, 0.3) is 0 Å². The third kappa shape index (κ3) is 4.25. The molecule has 0 aromatic heterocycles. The summed E-state index contributed by atoms with van der Waals surface area (Å²) in [5.41, 5.74) is -5.76. The number of halogens is 6. The topological polar surface area (TPSA) is 55.8 Å². The second-order valence-corrected chi connectivity index (χ2v) is 4.88. The van der Waals surface area contributed by atoms with Crippen molar-refractivity contribution < 1.29 is 45.7 Å². The van der Waals surface area contributed by atoms with Crippen molar-refractivity contribution in [1.82, 2.24) is 0 Å². The molecule has 0 bridgehead atoms. The zero-order chi connectivity index (χ0) is 18.8. The summed E-state index contributed by atoms with van der Waals surface area (Å²) in [6, 6.07) is 1.72. The van der Waals surface area contributed by atoms with E-state index in [-0.39, 0.29) is 0 Å². The summed E-state index contributed by atoms with van der Waals surface area (Å²) in [4.78, 5) is 11.8. The summed E-state index contributed by atoms with van der Waals surface area (Å²) in [5, 5.41) is 9.98. The second-order valence-electron chi connectivity index (χ2n) is 4.88. The maximum atomic E-state index is 13.3. The van der Waals surface area contributed by atoms with Crippen LogP contribution in [0.4, 0.5) is 26.3 Å². The molecule has 1 N–H and O–H groups in total. The summed E-state index contributed by atoms with van der Waals surface area (Å²) in [6.07, 6.45) is -13.2. The van der Waals surface area contributed by atoms with Crippen molar-refractivity contribution in [3.8, 4) is 0 Å². The van der Waals surface area contributed by atoms with E-state index in [9.17, 15) is 36.2 Å². The van der Waals surface area contributed by atoms with Crippen LogP contribution in [0.2, 0.25) is 0 Å². The number of ketones is 1. The first-order valence-electron chi connectivity index (χ1n) is 6.42. The summed E-state index contributed by atoms with van der Waals surface area (Å²) < 4.78 is 86.2. The van der Waals surface area contributed by atoms with Crippen LogP contribution in [0.3, 0.4) is 0 Å². The van der Waals surface area contributed by atoms with E-state index in [1.807, 2.05) is 0 Å². The highest BCUT2D eigenvalue weighted by Crippen LogP contribution is 2.43. The fourth-order valence-electron chi connectivity index (χ4n) is 2.00. The van der Waals surface area contributed by atoms with E-state index in [0.29, 0.717) is 24.3 Å². The Morgan fingerprint density at radius 1 is 1.00 bits per heavy atom. The molecule has 0 saturated heterocycles. The molecule has 1 atom stereocenters. The number of alkyl halides is 6. The van der Waals surface area contributed by atoms with E-state index < -0.39 is 47.6 Å². The molecule has 24 heavy (non-hydrogen) atoms. The lowest BCUT2D eigenvalue weighted by Gasteiger charge is -2.31. The smallest absolute Gasteiger partial charge is 0.376 e. The Labute approximate surface area is 133 Å². The predicted octanol–water partition coefficient (Wildman–Crippen LogP) is 3.03. The van der Waals surface area contributed by atoms with Gasteiger partial charge in [0.05, 0.1) is 12.0 Å². The first-order valence-corrected chi connectivity index (χ1v) is 6.42. The molecule has 0 heterocycles. The van der Waals surface area contributed by atoms with E-state index in [2.05, 4.69) is 9.47 Å². The van der Waals surface area contributed by atoms with Crippen LogP contribution in [0.5, 0.6) is 0 Å². The largest absolute Gasteiger partial charge is 0.421 e. The van der Waals surface area contributed by atoms with Crippen LogP contribution in [0, 0.1) is 0 Å². The van der Waals surface area contributed by atoms with Gasteiger partial charge in [0.2, 0.25) is 6.29 Å². The van der Waals surface area contributed by atoms with Crippen LogP contribution in [-0.2, 0) is 26.0 Å². The Balaban J connectivity index is 3.24. The minimum absolute atomic E-state index is 0.390. The van der Waals surface area contributed by atoms with Crippen molar-refractivity contribution >= 4 is 5.78 Å². The van der Waals surface area contributed by atoms with Crippen LogP contribution >= 0.6 is 0 Å². The van der Waals surface area contributed by atoms with Crippen molar-refractivity contribution in [3.63, 3.8) is 0 Å². The normalized spacial score (nSPS) is 15.4. The average Bonchev–Trinajstić information content (AvgIpc) is 2.46. The molecule has 0 fully saturated rings. The number of methoxy groups -OCH3 is 2. The van der Waals surface area contributed by atoms with Gasteiger partial charge in [-0.15, -0.1) is 0 Å². The van der Waals surface area contributed by atoms with Gasteiger partial charge in [0, 0.05) is 14.2 Å². The molecule has 0 aliphatic carbocycles. The molecule has 0 aliphatic rings. The molecule has 0 radical (unpaired) electrons. The highest BCUT2D eigenvalue weighted by Gasteiger charge is 2.56. The minimum atomic E-state index is -5.31. The van der Waals surface area contributed by atoms with Crippen molar-refractivity contribution in [1.29, 1.82) is 0 Å². The van der Waals surface area contributed by atoms with Gasteiger partial charge in [-0.2, -0.15) is 26.3 Å².